The summed E-state index contributed by atoms with van der Waals surface area (Å²) >= 11 is 7.07. The highest BCUT2D eigenvalue weighted by molar-refractivity contribution is 9.12. The topological polar surface area (TPSA) is 94.8 Å². The predicted octanol–water partition coefficient (Wildman–Crippen LogP) is 5.72. The number of esters is 1. The van der Waals surface area contributed by atoms with Crippen LogP contribution in [0.1, 0.15) is 35.1 Å². The zero-order chi connectivity index (χ0) is 25.4. The van der Waals surface area contributed by atoms with Crippen LogP contribution in [0.15, 0.2) is 51.7 Å². The van der Waals surface area contributed by atoms with Crippen LogP contribution in [-0.4, -0.2) is 28.8 Å². The van der Waals surface area contributed by atoms with Crippen molar-refractivity contribution in [3.8, 4) is 5.75 Å². The van der Waals surface area contributed by atoms with E-state index >= 15 is 0 Å². The van der Waals surface area contributed by atoms with Crippen LogP contribution >= 0.6 is 31.9 Å². The van der Waals surface area contributed by atoms with Crippen LogP contribution in [0.4, 0.5) is 4.79 Å². The Morgan fingerprint density at radius 2 is 1.89 bits per heavy atom. The van der Waals surface area contributed by atoms with Gasteiger partial charge in [0, 0.05) is 40.1 Å². The Labute approximate surface area is 220 Å². The highest BCUT2D eigenvalue weighted by atomic mass is 79.9. The number of fused-ring (bicyclic) bond motifs is 1. The Kier molecular flexibility index (Phi) is 9.92. The van der Waals surface area contributed by atoms with E-state index < -0.39 is 17.7 Å². The molecule has 35 heavy (non-hydrogen) atoms. The molecule has 1 N–H and O–H groups in total. The van der Waals surface area contributed by atoms with Gasteiger partial charge in [0.2, 0.25) is 0 Å². The van der Waals surface area contributed by atoms with Crippen molar-refractivity contribution in [2.45, 2.75) is 44.5 Å². The highest BCUT2D eigenvalue weighted by Gasteiger charge is 2.20. The van der Waals surface area contributed by atoms with Gasteiger partial charge in [-0.1, -0.05) is 62.2 Å². The number of carbonyl (C=O) groups is 2. The Morgan fingerprint density at radius 3 is 2.60 bits per heavy atom. The largest absolute Gasteiger partial charge is 0.445 e. The number of halogens is 2. The normalized spacial score (nSPS) is 11.8. The number of ether oxygens (including phenoxy) is 2. The summed E-state index contributed by atoms with van der Waals surface area (Å²) in [6.07, 6.45) is 0.554. The van der Waals surface area contributed by atoms with Crippen molar-refractivity contribution in [1.29, 1.82) is 0 Å². The molecule has 1 aromatic heterocycles. The van der Waals surface area contributed by atoms with Gasteiger partial charge in [-0.25, -0.2) is 9.59 Å². The monoisotopic (exact) mass is 607 g/mol. The number of amides is 1. The number of carbonyl (C=O) groups excluding carboxylic acids is 2. The van der Waals surface area contributed by atoms with E-state index in [0.717, 1.165) is 22.1 Å². The van der Waals surface area contributed by atoms with Gasteiger partial charge in [0.05, 0.1) is 0 Å². The number of alkyl carbamates (subject to hydrolysis) is 1. The summed E-state index contributed by atoms with van der Waals surface area (Å²) in [6.45, 7) is 4.07. The molecular weight excluding hydrogens is 582 g/mol. The van der Waals surface area contributed by atoms with Gasteiger partial charge in [-0.2, -0.15) is 0 Å². The van der Waals surface area contributed by atoms with Gasteiger partial charge in [-0.3, -0.25) is 4.79 Å². The van der Waals surface area contributed by atoms with Gasteiger partial charge in [0.15, 0.2) is 0 Å². The molecule has 0 aliphatic carbocycles. The number of aryl methyl sites for hydroxylation is 2. The summed E-state index contributed by atoms with van der Waals surface area (Å²) in [5.74, 6) is -0.0370. The van der Waals surface area contributed by atoms with E-state index in [1.54, 1.807) is 6.92 Å². The third kappa shape index (κ3) is 7.67. The smallest absolute Gasteiger partial charge is 0.407 e. The van der Waals surface area contributed by atoms with Gasteiger partial charge >= 0.3 is 17.7 Å². The number of rotatable bonds is 10. The van der Waals surface area contributed by atoms with Crippen LogP contribution in [0.5, 0.6) is 5.75 Å². The summed E-state index contributed by atoms with van der Waals surface area (Å²) in [5.41, 5.74) is 3.09. The Bertz CT molecular complexity index is 1240. The zero-order valence-corrected chi connectivity index (χ0v) is 22.7. The molecule has 0 fully saturated rings. The molecule has 1 heterocycles. The van der Waals surface area contributed by atoms with Gasteiger partial charge in [0.1, 0.15) is 17.9 Å². The summed E-state index contributed by atoms with van der Waals surface area (Å²) in [7, 11) is 0. The molecule has 0 spiro atoms. The third-order valence-corrected chi connectivity index (χ3v) is 7.66. The van der Waals surface area contributed by atoms with Crippen molar-refractivity contribution in [3.05, 3.63) is 75.1 Å². The van der Waals surface area contributed by atoms with Gasteiger partial charge in [-0.05, 0) is 49.4 Å². The van der Waals surface area contributed by atoms with E-state index in [9.17, 15) is 14.4 Å². The summed E-state index contributed by atoms with van der Waals surface area (Å²) in [4.78, 5) is 36.5. The fourth-order valence-corrected chi connectivity index (χ4v) is 4.19. The first-order chi connectivity index (χ1) is 16.8. The van der Waals surface area contributed by atoms with Crippen LogP contribution in [0, 0.1) is 13.8 Å². The van der Waals surface area contributed by atoms with Crippen molar-refractivity contribution >= 4 is 54.9 Å². The van der Waals surface area contributed by atoms with Gasteiger partial charge in [0.25, 0.3) is 0 Å². The lowest BCUT2D eigenvalue weighted by molar-refractivity contribution is -0.134. The molecule has 0 bridgehead atoms. The second-order valence-corrected chi connectivity index (χ2v) is 10.1. The van der Waals surface area contributed by atoms with Gasteiger partial charge in [-0.15, -0.1) is 0 Å². The first-order valence-electron chi connectivity index (χ1n) is 11.2. The van der Waals surface area contributed by atoms with Crippen LogP contribution < -0.4 is 15.7 Å². The molecule has 2 aromatic carbocycles. The van der Waals surface area contributed by atoms with Crippen LogP contribution in [-0.2, 0) is 22.6 Å². The number of benzene rings is 2. The number of hydrogen-bond acceptors (Lipinski definition) is 6. The molecule has 0 radical (unpaired) electrons. The number of nitrogens with one attached hydrogen (secondary N) is 1. The summed E-state index contributed by atoms with van der Waals surface area (Å²) < 4.78 is 16.3. The fourth-order valence-electron chi connectivity index (χ4n) is 3.61. The molecule has 7 nitrogen and oxygen atoms in total. The molecule has 1 atom stereocenters. The first-order valence-corrected chi connectivity index (χ1v) is 13.2. The molecule has 0 aliphatic rings. The first kappa shape index (κ1) is 26.9. The lowest BCUT2D eigenvalue weighted by Gasteiger charge is -2.17. The van der Waals surface area contributed by atoms with E-state index in [1.807, 2.05) is 43.3 Å². The average molecular weight is 609 g/mol. The molecule has 0 aliphatic heterocycles. The van der Waals surface area contributed by atoms with E-state index in [4.69, 9.17) is 13.9 Å². The minimum atomic E-state index is -0.543. The SMILES string of the molecule is Cc1cc(=O)oc2c(C)c(OC(=O)CCCNC(=O)OCc3ccccc3)c(C[C@H](Br)CBr)cc12. The highest BCUT2D eigenvalue weighted by Crippen LogP contribution is 2.34. The number of alkyl halides is 2. The van der Waals surface area contributed by atoms with Crippen LogP contribution in [0.2, 0.25) is 0 Å². The fraction of sp³-hybridized carbons (Fsp3) is 0.346. The Balaban J connectivity index is 1.61. The van der Waals surface area contributed by atoms with E-state index in [2.05, 4.69) is 37.2 Å². The maximum atomic E-state index is 12.6. The van der Waals surface area contributed by atoms with Crippen molar-refractivity contribution in [2.75, 3.05) is 11.9 Å². The molecule has 3 rings (SSSR count). The molecule has 9 heteroatoms. The standard InChI is InChI=1S/C26H27Br2NO6/c1-16-11-23(31)35-25-17(2)24(19(13-21(16)25)12-20(28)14-27)34-22(30)9-6-10-29-26(32)33-15-18-7-4-3-5-8-18/h3-5,7-8,11,13,20H,6,9-10,12,14-15H2,1-2H3,(H,29,32)/t20-/m0/s1. The maximum Gasteiger partial charge on any atom is 0.407 e. The molecule has 3 aromatic rings. The molecule has 1 amide bonds. The lowest BCUT2D eigenvalue weighted by atomic mass is 9.99. The minimum Gasteiger partial charge on any atom is -0.445 e. The molecule has 0 unspecified atom stereocenters. The Morgan fingerprint density at radius 1 is 1.14 bits per heavy atom. The third-order valence-electron chi connectivity index (χ3n) is 5.36. The van der Waals surface area contributed by atoms with Crippen LogP contribution in [0.3, 0.4) is 0 Å². The Hall–Kier alpha value is -2.65. The lowest BCUT2D eigenvalue weighted by Crippen LogP contribution is -2.26. The second kappa shape index (κ2) is 12.9. The van der Waals surface area contributed by atoms with Crippen LogP contribution in [0.25, 0.3) is 11.0 Å². The van der Waals surface area contributed by atoms with E-state index in [0.29, 0.717) is 35.1 Å². The summed E-state index contributed by atoms with van der Waals surface area (Å²) in [5, 5.41) is 4.16. The average Bonchev–Trinajstić information content (AvgIpc) is 2.84. The quantitative estimate of drug-likeness (QED) is 0.104. The minimum absolute atomic E-state index is 0.101. The maximum absolute atomic E-state index is 12.6. The molecular formula is C26H27Br2NO6. The molecule has 0 saturated heterocycles. The second-order valence-electron chi connectivity index (χ2n) is 8.14. The molecule has 186 valence electrons. The van der Waals surface area contributed by atoms with E-state index in [1.165, 1.54) is 6.07 Å². The van der Waals surface area contributed by atoms with Crippen molar-refractivity contribution in [2.24, 2.45) is 0 Å². The van der Waals surface area contributed by atoms with Crippen molar-refractivity contribution in [1.82, 2.24) is 5.32 Å². The summed E-state index contributed by atoms with van der Waals surface area (Å²) in [6, 6.07) is 12.7. The van der Waals surface area contributed by atoms with Crippen molar-refractivity contribution < 1.29 is 23.5 Å². The zero-order valence-electron chi connectivity index (χ0n) is 19.6. The number of hydrogen-bond donors (Lipinski definition) is 1. The van der Waals surface area contributed by atoms with Crippen molar-refractivity contribution in [3.63, 3.8) is 0 Å². The predicted molar refractivity (Wildman–Crippen MR) is 142 cm³/mol. The van der Waals surface area contributed by atoms with Gasteiger partial charge < -0.3 is 19.2 Å². The molecule has 0 saturated carbocycles. The van der Waals surface area contributed by atoms with E-state index in [-0.39, 0.29) is 24.4 Å².